The average Bonchev–Trinajstić information content (AvgIpc) is 2.43. The van der Waals surface area contributed by atoms with Crippen LogP contribution in [-0.4, -0.2) is 37.0 Å². The number of hydrogen-bond donors (Lipinski definition) is 1. The fourth-order valence-electron chi connectivity index (χ4n) is 2.68. The number of nitrogens with zero attached hydrogens (tertiary/aromatic N) is 1. The number of rotatable bonds is 11. The Kier molecular flexibility index (Phi) is 9.40. The van der Waals surface area contributed by atoms with Crippen LogP contribution in [0.25, 0.3) is 0 Å². The minimum Gasteiger partial charge on any atom is -0.339 e. The highest BCUT2D eigenvalue weighted by Gasteiger charge is 2.20. The van der Waals surface area contributed by atoms with E-state index in [1.807, 2.05) is 6.92 Å². The van der Waals surface area contributed by atoms with Gasteiger partial charge in [0, 0.05) is 31.8 Å². The third-order valence-electron chi connectivity index (χ3n) is 4.38. The van der Waals surface area contributed by atoms with Gasteiger partial charge in [-0.3, -0.25) is 4.79 Å². The lowest BCUT2D eigenvalue weighted by molar-refractivity contribution is -0.127. The van der Waals surface area contributed by atoms with E-state index in [0.717, 1.165) is 44.6 Å². The van der Waals surface area contributed by atoms with Crippen LogP contribution in [0.15, 0.2) is 11.1 Å². The van der Waals surface area contributed by atoms with Crippen LogP contribution in [-0.2, 0) is 4.79 Å². The van der Waals surface area contributed by atoms with E-state index in [9.17, 15) is 4.79 Å². The van der Waals surface area contributed by atoms with Gasteiger partial charge < -0.3 is 10.2 Å². The Hall–Kier alpha value is -0.830. The zero-order chi connectivity index (χ0) is 15.5. The van der Waals surface area contributed by atoms with Gasteiger partial charge in [-0.1, -0.05) is 52.4 Å². The van der Waals surface area contributed by atoms with Gasteiger partial charge in [0.1, 0.15) is 0 Å². The summed E-state index contributed by atoms with van der Waals surface area (Å²) in [6, 6.07) is 0. The van der Waals surface area contributed by atoms with Crippen molar-refractivity contribution in [1.29, 1.82) is 0 Å². The molecular weight excluding hydrogens is 260 g/mol. The molecule has 21 heavy (non-hydrogen) atoms. The van der Waals surface area contributed by atoms with E-state index >= 15 is 0 Å². The van der Waals surface area contributed by atoms with E-state index in [2.05, 4.69) is 24.1 Å². The Morgan fingerprint density at radius 1 is 0.952 bits per heavy atom. The molecule has 1 N–H and O–H groups in total. The molecule has 1 heterocycles. The van der Waals surface area contributed by atoms with Crippen molar-refractivity contribution in [3.63, 3.8) is 0 Å². The maximum atomic E-state index is 12.6. The van der Waals surface area contributed by atoms with Crippen LogP contribution >= 0.6 is 0 Å². The molecule has 1 amide bonds. The summed E-state index contributed by atoms with van der Waals surface area (Å²) in [6.45, 7) is 10.1. The van der Waals surface area contributed by atoms with Gasteiger partial charge in [-0.25, -0.2) is 0 Å². The lowest BCUT2D eigenvalue weighted by Crippen LogP contribution is -2.39. The molecule has 0 bridgehead atoms. The van der Waals surface area contributed by atoms with E-state index in [0.29, 0.717) is 0 Å². The molecule has 0 aromatic carbocycles. The standard InChI is InChI=1S/C18H34N2O/c1-4-6-8-10-12-20(13-11-9-7-5-2)18(21)16(3)17-14-19-15-17/h19H,4-15H2,1-3H3. The van der Waals surface area contributed by atoms with Crippen molar-refractivity contribution >= 4 is 5.91 Å². The SMILES string of the molecule is CCCCCCN(CCCCCC)C(=O)C(C)=C1CNC1. The van der Waals surface area contributed by atoms with Gasteiger partial charge in [0.2, 0.25) is 5.91 Å². The first-order chi connectivity index (χ1) is 10.2. The molecule has 0 saturated carbocycles. The zero-order valence-corrected chi connectivity index (χ0v) is 14.3. The Morgan fingerprint density at radius 3 is 1.86 bits per heavy atom. The molecule has 0 aliphatic carbocycles. The van der Waals surface area contributed by atoms with E-state index in [1.165, 1.54) is 44.1 Å². The molecule has 0 aromatic heterocycles. The second-order valence-corrected chi connectivity index (χ2v) is 6.25. The van der Waals surface area contributed by atoms with E-state index in [-0.39, 0.29) is 5.91 Å². The van der Waals surface area contributed by atoms with Gasteiger partial charge in [-0.15, -0.1) is 0 Å². The van der Waals surface area contributed by atoms with Crippen molar-refractivity contribution < 1.29 is 4.79 Å². The predicted molar refractivity (Wildman–Crippen MR) is 90.4 cm³/mol. The molecule has 0 radical (unpaired) electrons. The van der Waals surface area contributed by atoms with Crippen LogP contribution < -0.4 is 5.32 Å². The molecule has 1 aliphatic rings. The van der Waals surface area contributed by atoms with E-state index < -0.39 is 0 Å². The molecule has 1 saturated heterocycles. The third kappa shape index (κ3) is 6.64. The quantitative estimate of drug-likeness (QED) is 0.463. The highest BCUT2D eigenvalue weighted by Crippen LogP contribution is 2.14. The summed E-state index contributed by atoms with van der Waals surface area (Å²) >= 11 is 0. The first-order valence-electron chi connectivity index (χ1n) is 8.89. The summed E-state index contributed by atoms with van der Waals surface area (Å²) in [5.41, 5.74) is 2.28. The molecule has 1 rings (SSSR count). The van der Waals surface area contributed by atoms with Crippen LogP contribution in [0.1, 0.15) is 72.1 Å². The molecule has 3 heteroatoms. The van der Waals surface area contributed by atoms with Crippen LogP contribution in [0.4, 0.5) is 0 Å². The molecule has 0 aromatic rings. The highest BCUT2D eigenvalue weighted by atomic mass is 16.2. The number of amides is 1. The summed E-state index contributed by atoms with van der Waals surface area (Å²) in [5.74, 6) is 0.277. The Bertz CT molecular complexity index is 318. The summed E-state index contributed by atoms with van der Waals surface area (Å²) in [7, 11) is 0. The van der Waals surface area contributed by atoms with Gasteiger partial charge in [-0.05, 0) is 25.3 Å². The molecular formula is C18H34N2O. The van der Waals surface area contributed by atoms with Gasteiger partial charge >= 0.3 is 0 Å². The van der Waals surface area contributed by atoms with Crippen molar-refractivity contribution in [2.45, 2.75) is 72.1 Å². The molecule has 0 atom stereocenters. The predicted octanol–water partition coefficient (Wildman–Crippen LogP) is 3.90. The normalized spacial score (nSPS) is 14.0. The largest absolute Gasteiger partial charge is 0.339 e. The second-order valence-electron chi connectivity index (χ2n) is 6.25. The monoisotopic (exact) mass is 294 g/mol. The summed E-state index contributed by atoms with van der Waals surface area (Å²) in [5, 5.41) is 3.23. The molecule has 1 aliphatic heterocycles. The first kappa shape index (κ1) is 18.2. The summed E-state index contributed by atoms with van der Waals surface area (Å²) in [6.07, 6.45) is 9.84. The van der Waals surface area contributed by atoms with E-state index in [1.54, 1.807) is 0 Å². The second kappa shape index (κ2) is 10.8. The topological polar surface area (TPSA) is 32.3 Å². The Labute approximate surface area is 131 Å². The number of carbonyl (C=O) groups is 1. The molecule has 122 valence electrons. The van der Waals surface area contributed by atoms with Crippen LogP contribution in [0.3, 0.4) is 0 Å². The average molecular weight is 294 g/mol. The fraction of sp³-hybridized carbons (Fsp3) is 0.833. The smallest absolute Gasteiger partial charge is 0.249 e. The van der Waals surface area contributed by atoms with Crippen LogP contribution in [0.5, 0.6) is 0 Å². The Morgan fingerprint density at radius 2 is 1.48 bits per heavy atom. The van der Waals surface area contributed by atoms with Crippen molar-refractivity contribution in [3.8, 4) is 0 Å². The van der Waals surface area contributed by atoms with Crippen molar-refractivity contribution in [3.05, 3.63) is 11.1 Å². The number of carbonyl (C=O) groups excluding carboxylic acids is 1. The van der Waals surface area contributed by atoms with Gasteiger partial charge in [0.05, 0.1) is 0 Å². The number of unbranched alkanes of at least 4 members (excludes halogenated alkanes) is 6. The summed E-state index contributed by atoms with van der Waals surface area (Å²) in [4.78, 5) is 14.7. The van der Waals surface area contributed by atoms with Crippen molar-refractivity contribution in [1.82, 2.24) is 10.2 Å². The minimum absolute atomic E-state index is 0.277. The molecule has 0 unspecified atom stereocenters. The van der Waals surface area contributed by atoms with Crippen LogP contribution in [0.2, 0.25) is 0 Å². The molecule has 3 nitrogen and oxygen atoms in total. The van der Waals surface area contributed by atoms with Gasteiger partial charge in [0.25, 0.3) is 0 Å². The first-order valence-corrected chi connectivity index (χ1v) is 8.89. The maximum absolute atomic E-state index is 12.6. The Balaban J connectivity index is 2.46. The fourth-order valence-corrected chi connectivity index (χ4v) is 2.68. The lowest BCUT2D eigenvalue weighted by atomic mass is 10.0. The maximum Gasteiger partial charge on any atom is 0.249 e. The highest BCUT2D eigenvalue weighted by molar-refractivity contribution is 5.94. The molecule has 1 fully saturated rings. The molecule has 0 spiro atoms. The number of hydrogen-bond acceptors (Lipinski definition) is 2. The minimum atomic E-state index is 0.277. The summed E-state index contributed by atoms with van der Waals surface area (Å²) < 4.78 is 0. The third-order valence-corrected chi connectivity index (χ3v) is 4.38. The van der Waals surface area contributed by atoms with Gasteiger partial charge in [-0.2, -0.15) is 0 Å². The lowest BCUT2D eigenvalue weighted by Gasteiger charge is -2.27. The van der Waals surface area contributed by atoms with E-state index in [4.69, 9.17) is 0 Å². The van der Waals surface area contributed by atoms with Gasteiger partial charge in [0.15, 0.2) is 0 Å². The number of nitrogens with one attached hydrogen (secondary N) is 1. The van der Waals surface area contributed by atoms with Crippen molar-refractivity contribution in [2.75, 3.05) is 26.2 Å². The zero-order valence-electron chi connectivity index (χ0n) is 14.3. The van der Waals surface area contributed by atoms with Crippen molar-refractivity contribution in [2.24, 2.45) is 0 Å². The van der Waals surface area contributed by atoms with Crippen LogP contribution in [0, 0.1) is 0 Å².